The smallest absolute Gasteiger partial charge is 0.296 e. The maximum absolute atomic E-state index is 12.1. The molecule has 26 heavy (non-hydrogen) atoms. The van der Waals surface area contributed by atoms with Crippen LogP contribution in [0.4, 0.5) is 10.1 Å². The summed E-state index contributed by atoms with van der Waals surface area (Å²) >= 11 is 3.49. The van der Waals surface area contributed by atoms with Crippen molar-refractivity contribution in [2.75, 3.05) is 5.32 Å². The zero-order chi connectivity index (χ0) is 18.5. The molecule has 0 aliphatic carbocycles. The van der Waals surface area contributed by atoms with Crippen LogP contribution in [-0.4, -0.2) is 21.0 Å². The van der Waals surface area contributed by atoms with Crippen LogP contribution < -0.4 is 5.32 Å². The van der Waals surface area contributed by atoms with Gasteiger partial charge in [-0.1, -0.05) is 46.6 Å². The second-order valence-corrected chi connectivity index (χ2v) is 8.08. The summed E-state index contributed by atoms with van der Waals surface area (Å²) in [5, 5.41) is 30.2. The van der Waals surface area contributed by atoms with Gasteiger partial charge in [0.1, 0.15) is 0 Å². The molecule has 0 radical (unpaired) electrons. The summed E-state index contributed by atoms with van der Waals surface area (Å²) in [7, 11) is 0. The predicted molar refractivity (Wildman–Crippen MR) is 99.6 cm³/mol. The van der Waals surface area contributed by atoms with Crippen molar-refractivity contribution >= 4 is 50.5 Å². The van der Waals surface area contributed by atoms with Crippen LogP contribution in [-0.2, 0) is 5.75 Å². The molecule has 2 aromatic heterocycles. The largest absolute Gasteiger partial charge is 0.324 e. The van der Waals surface area contributed by atoms with Crippen molar-refractivity contribution < 1.29 is 9.72 Å². The van der Waals surface area contributed by atoms with Crippen LogP contribution in [0.15, 0.2) is 40.7 Å². The van der Waals surface area contributed by atoms with E-state index in [0.717, 1.165) is 16.9 Å². The number of rotatable bonds is 6. The average Bonchev–Trinajstić information content (AvgIpc) is 3.30. The number of thiophene rings is 1. The van der Waals surface area contributed by atoms with E-state index in [4.69, 9.17) is 5.26 Å². The standard InChI is InChI=1S/C15H9N5O3S3/c16-7-9-1-3-10(4-2-9)8-24-15-19-18-14(26-15)17-13(21)11-5-6-12(25-11)20(22)23/h1-6H,8H2,(H,17,18,21). The van der Waals surface area contributed by atoms with E-state index in [-0.39, 0.29) is 9.88 Å². The van der Waals surface area contributed by atoms with Gasteiger partial charge < -0.3 is 0 Å². The minimum absolute atomic E-state index is 0.0916. The Labute approximate surface area is 159 Å². The molecule has 8 nitrogen and oxygen atoms in total. The number of nitrogens with one attached hydrogen (secondary N) is 1. The van der Waals surface area contributed by atoms with Crippen LogP contribution in [0.5, 0.6) is 0 Å². The highest BCUT2D eigenvalue weighted by Gasteiger charge is 2.17. The summed E-state index contributed by atoms with van der Waals surface area (Å²) in [5.41, 5.74) is 1.65. The number of carbonyl (C=O) groups excluding carboxylic acids is 1. The molecule has 0 fully saturated rings. The fourth-order valence-electron chi connectivity index (χ4n) is 1.85. The van der Waals surface area contributed by atoms with Gasteiger partial charge in [0.25, 0.3) is 5.91 Å². The summed E-state index contributed by atoms with van der Waals surface area (Å²) in [6, 6.07) is 12.0. The topological polar surface area (TPSA) is 122 Å². The molecule has 0 spiro atoms. The van der Waals surface area contributed by atoms with Gasteiger partial charge in [0.2, 0.25) is 5.13 Å². The fourth-order valence-corrected chi connectivity index (χ4v) is 4.26. The van der Waals surface area contributed by atoms with Crippen LogP contribution in [0.3, 0.4) is 0 Å². The molecule has 1 N–H and O–H groups in total. The summed E-state index contributed by atoms with van der Waals surface area (Å²) in [4.78, 5) is 22.4. The van der Waals surface area contributed by atoms with E-state index < -0.39 is 10.8 Å². The van der Waals surface area contributed by atoms with Crippen LogP contribution in [0.25, 0.3) is 0 Å². The number of carbonyl (C=O) groups is 1. The highest BCUT2D eigenvalue weighted by Crippen LogP contribution is 2.29. The molecule has 1 aromatic carbocycles. The van der Waals surface area contributed by atoms with Crippen molar-refractivity contribution in [3.05, 3.63) is 62.5 Å². The number of hydrogen-bond donors (Lipinski definition) is 1. The normalized spacial score (nSPS) is 10.3. The predicted octanol–water partition coefficient (Wildman–Crippen LogP) is 3.92. The van der Waals surface area contributed by atoms with E-state index in [1.165, 1.54) is 35.2 Å². The number of aromatic nitrogens is 2. The number of amides is 1. The Morgan fingerprint density at radius 3 is 2.65 bits per heavy atom. The summed E-state index contributed by atoms with van der Waals surface area (Å²) in [6.45, 7) is 0. The molecular weight excluding hydrogens is 394 g/mol. The molecule has 3 rings (SSSR count). The third-order valence-corrected chi connectivity index (χ3v) is 6.15. The molecule has 0 unspecified atom stereocenters. The van der Waals surface area contributed by atoms with Gasteiger partial charge >= 0.3 is 5.00 Å². The highest BCUT2D eigenvalue weighted by molar-refractivity contribution is 8.00. The third kappa shape index (κ3) is 4.42. The molecule has 11 heteroatoms. The number of benzene rings is 1. The van der Waals surface area contributed by atoms with Gasteiger partial charge in [0.15, 0.2) is 4.34 Å². The van der Waals surface area contributed by atoms with Crippen LogP contribution in [0.1, 0.15) is 20.8 Å². The van der Waals surface area contributed by atoms with Gasteiger partial charge in [0.05, 0.1) is 21.4 Å². The van der Waals surface area contributed by atoms with Crippen molar-refractivity contribution in [1.82, 2.24) is 10.2 Å². The van der Waals surface area contributed by atoms with E-state index in [1.54, 1.807) is 12.1 Å². The zero-order valence-corrected chi connectivity index (χ0v) is 15.4. The van der Waals surface area contributed by atoms with Crippen molar-refractivity contribution in [3.63, 3.8) is 0 Å². The van der Waals surface area contributed by atoms with Crippen molar-refractivity contribution in [2.24, 2.45) is 0 Å². The van der Waals surface area contributed by atoms with E-state index in [1.807, 2.05) is 12.1 Å². The Balaban J connectivity index is 1.57. The molecule has 2 heterocycles. The first kappa shape index (κ1) is 18.0. The molecule has 0 saturated carbocycles. The number of nitro groups is 1. The number of nitriles is 1. The lowest BCUT2D eigenvalue weighted by molar-refractivity contribution is -0.380. The highest BCUT2D eigenvalue weighted by atomic mass is 32.2. The minimum Gasteiger partial charge on any atom is -0.296 e. The maximum Gasteiger partial charge on any atom is 0.324 e. The van der Waals surface area contributed by atoms with Gasteiger partial charge in [-0.05, 0) is 23.8 Å². The first-order valence-corrected chi connectivity index (χ1v) is 9.68. The molecule has 0 bridgehead atoms. The molecule has 0 aliphatic heterocycles. The van der Waals surface area contributed by atoms with Crippen LogP contribution >= 0.6 is 34.4 Å². The lowest BCUT2D eigenvalue weighted by atomic mass is 10.2. The minimum atomic E-state index is -0.537. The first-order valence-electron chi connectivity index (χ1n) is 7.06. The second-order valence-electron chi connectivity index (χ2n) is 4.82. The van der Waals surface area contributed by atoms with Crippen molar-refractivity contribution in [3.8, 4) is 6.07 Å². The van der Waals surface area contributed by atoms with E-state index in [9.17, 15) is 14.9 Å². The molecule has 130 valence electrons. The third-order valence-electron chi connectivity index (χ3n) is 3.07. The monoisotopic (exact) mass is 403 g/mol. The maximum atomic E-state index is 12.1. The first-order chi connectivity index (χ1) is 12.5. The van der Waals surface area contributed by atoms with Crippen molar-refractivity contribution in [2.45, 2.75) is 10.1 Å². The summed E-state index contributed by atoms with van der Waals surface area (Å²) in [6.07, 6.45) is 0. The Bertz CT molecular complexity index is 991. The van der Waals surface area contributed by atoms with Gasteiger partial charge in [-0.2, -0.15) is 5.26 Å². The Hall–Kier alpha value is -2.81. The zero-order valence-electron chi connectivity index (χ0n) is 12.9. The van der Waals surface area contributed by atoms with Gasteiger partial charge in [-0.3, -0.25) is 20.2 Å². The molecule has 0 saturated heterocycles. The lowest BCUT2D eigenvalue weighted by Crippen LogP contribution is -2.09. The second kappa shape index (κ2) is 8.05. The number of hydrogen-bond acceptors (Lipinski definition) is 9. The van der Waals surface area contributed by atoms with Gasteiger partial charge in [0, 0.05) is 11.8 Å². The average molecular weight is 403 g/mol. The Morgan fingerprint density at radius 2 is 2.00 bits per heavy atom. The Morgan fingerprint density at radius 1 is 1.23 bits per heavy atom. The summed E-state index contributed by atoms with van der Waals surface area (Å²) in [5.74, 6) is 0.202. The number of anilines is 1. The summed E-state index contributed by atoms with van der Waals surface area (Å²) < 4.78 is 0.682. The number of nitrogens with zero attached hydrogens (tertiary/aromatic N) is 4. The van der Waals surface area contributed by atoms with Gasteiger partial charge in [-0.15, -0.1) is 10.2 Å². The van der Waals surface area contributed by atoms with Crippen LogP contribution in [0.2, 0.25) is 0 Å². The van der Waals surface area contributed by atoms with E-state index >= 15 is 0 Å². The molecule has 0 aliphatic rings. The molecule has 3 aromatic rings. The number of thioether (sulfide) groups is 1. The lowest BCUT2D eigenvalue weighted by Gasteiger charge is -1.98. The van der Waals surface area contributed by atoms with E-state index in [0.29, 0.717) is 20.8 Å². The van der Waals surface area contributed by atoms with Crippen LogP contribution in [0, 0.1) is 21.4 Å². The Kier molecular flexibility index (Phi) is 5.57. The quantitative estimate of drug-likeness (QED) is 0.286. The van der Waals surface area contributed by atoms with Crippen molar-refractivity contribution in [1.29, 1.82) is 5.26 Å². The molecule has 1 amide bonds. The SMILES string of the molecule is N#Cc1ccc(CSc2nnc(NC(=O)c3ccc([N+](=O)[O-])s3)s2)cc1. The molecular formula is C15H9N5O3S3. The van der Waals surface area contributed by atoms with Gasteiger partial charge in [-0.25, -0.2) is 0 Å². The fraction of sp³-hybridized carbons (Fsp3) is 0.0667. The molecule has 0 atom stereocenters. The van der Waals surface area contributed by atoms with E-state index in [2.05, 4.69) is 21.6 Å².